The van der Waals surface area contributed by atoms with Crippen LogP contribution < -0.4 is 16.6 Å². The molecule has 0 radical (unpaired) electrons. The molecule has 0 saturated carbocycles. The van der Waals surface area contributed by atoms with Crippen LogP contribution in [0.1, 0.15) is 17.0 Å². The molecule has 4 rings (SSSR count). The van der Waals surface area contributed by atoms with E-state index in [1.165, 1.54) is 42.9 Å². The Labute approximate surface area is 146 Å². The summed E-state index contributed by atoms with van der Waals surface area (Å²) in [6.45, 7) is -0.322. The lowest BCUT2D eigenvalue weighted by Crippen LogP contribution is -2.56. The van der Waals surface area contributed by atoms with Crippen molar-refractivity contribution in [2.75, 3.05) is 11.9 Å². The standard InChI is InChI=1S/C17H16FN3O5/c1-20-13-11(14(22)21(2)16(20)24)10(8-3-5-9(18)6-4-8)12-15(23)26-7-17(12,25)19-13/h3-6,10,12,19,25H,7H2,1-2H3. The number of benzene rings is 1. The minimum absolute atomic E-state index is 0.115. The van der Waals surface area contributed by atoms with Gasteiger partial charge in [-0.2, -0.15) is 0 Å². The van der Waals surface area contributed by atoms with Crippen LogP contribution in [0.2, 0.25) is 0 Å². The van der Waals surface area contributed by atoms with Gasteiger partial charge in [-0.15, -0.1) is 0 Å². The molecule has 2 aromatic rings. The Morgan fingerprint density at radius 3 is 2.50 bits per heavy atom. The number of aliphatic hydroxyl groups is 1. The molecule has 0 amide bonds. The van der Waals surface area contributed by atoms with Gasteiger partial charge in [0.2, 0.25) is 0 Å². The Balaban J connectivity index is 2.08. The molecule has 9 heteroatoms. The van der Waals surface area contributed by atoms with Crippen molar-refractivity contribution in [3.63, 3.8) is 0 Å². The third kappa shape index (κ3) is 2.07. The molecule has 3 atom stereocenters. The number of hydrogen-bond acceptors (Lipinski definition) is 6. The largest absolute Gasteiger partial charge is 0.460 e. The van der Waals surface area contributed by atoms with Gasteiger partial charge in [-0.1, -0.05) is 12.1 Å². The second-order valence-electron chi connectivity index (χ2n) is 6.63. The van der Waals surface area contributed by atoms with Crippen molar-refractivity contribution in [1.82, 2.24) is 9.13 Å². The SMILES string of the molecule is Cn1c2c(c(=O)n(C)c1=O)C(c1ccc(F)cc1)C1C(=O)OCC1(O)N2. The molecule has 1 aromatic heterocycles. The zero-order valence-corrected chi connectivity index (χ0v) is 14.0. The monoisotopic (exact) mass is 361 g/mol. The van der Waals surface area contributed by atoms with E-state index in [2.05, 4.69) is 5.32 Å². The van der Waals surface area contributed by atoms with Crippen LogP contribution in [-0.2, 0) is 23.6 Å². The molecule has 1 saturated heterocycles. The third-order valence-corrected chi connectivity index (χ3v) is 5.11. The van der Waals surface area contributed by atoms with Crippen molar-refractivity contribution in [2.24, 2.45) is 20.0 Å². The van der Waals surface area contributed by atoms with E-state index in [9.17, 15) is 23.9 Å². The van der Waals surface area contributed by atoms with Crippen LogP contribution in [0.15, 0.2) is 33.9 Å². The fourth-order valence-corrected chi connectivity index (χ4v) is 3.78. The minimum Gasteiger partial charge on any atom is -0.460 e. The van der Waals surface area contributed by atoms with Crippen LogP contribution >= 0.6 is 0 Å². The van der Waals surface area contributed by atoms with E-state index in [0.29, 0.717) is 5.56 Å². The summed E-state index contributed by atoms with van der Waals surface area (Å²) in [6.07, 6.45) is 0. The fourth-order valence-electron chi connectivity index (χ4n) is 3.78. The summed E-state index contributed by atoms with van der Waals surface area (Å²) in [5, 5.41) is 13.7. The number of esters is 1. The highest BCUT2D eigenvalue weighted by atomic mass is 19.1. The Hall–Kier alpha value is -2.94. The molecule has 0 aliphatic carbocycles. The van der Waals surface area contributed by atoms with Crippen LogP contribution in [0.4, 0.5) is 10.2 Å². The van der Waals surface area contributed by atoms with Crippen molar-refractivity contribution in [2.45, 2.75) is 11.6 Å². The molecule has 1 aromatic carbocycles. The Morgan fingerprint density at radius 2 is 1.85 bits per heavy atom. The van der Waals surface area contributed by atoms with Crippen LogP contribution in [0.3, 0.4) is 0 Å². The van der Waals surface area contributed by atoms with Crippen LogP contribution in [0.5, 0.6) is 0 Å². The van der Waals surface area contributed by atoms with Crippen molar-refractivity contribution in [3.05, 3.63) is 62.0 Å². The number of hydrogen-bond donors (Lipinski definition) is 2. The summed E-state index contributed by atoms with van der Waals surface area (Å²) < 4.78 is 20.5. The average Bonchev–Trinajstić information content (AvgIpc) is 2.92. The van der Waals surface area contributed by atoms with Crippen molar-refractivity contribution < 1.29 is 19.0 Å². The van der Waals surface area contributed by atoms with Gasteiger partial charge in [0, 0.05) is 20.0 Å². The normalized spacial score (nSPS) is 26.7. The topological polar surface area (TPSA) is 103 Å². The van der Waals surface area contributed by atoms with E-state index in [1.807, 2.05) is 0 Å². The molecule has 8 nitrogen and oxygen atoms in total. The maximum Gasteiger partial charge on any atom is 0.332 e. The molecule has 26 heavy (non-hydrogen) atoms. The summed E-state index contributed by atoms with van der Waals surface area (Å²) in [5.74, 6) is -3.02. The van der Waals surface area contributed by atoms with E-state index in [-0.39, 0.29) is 18.0 Å². The van der Waals surface area contributed by atoms with E-state index in [0.717, 1.165) is 4.57 Å². The third-order valence-electron chi connectivity index (χ3n) is 5.11. The zero-order valence-electron chi connectivity index (χ0n) is 14.0. The lowest BCUT2D eigenvalue weighted by molar-refractivity contribution is -0.141. The predicted molar refractivity (Wildman–Crippen MR) is 88.2 cm³/mol. The van der Waals surface area contributed by atoms with Crippen LogP contribution in [0, 0.1) is 11.7 Å². The Morgan fingerprint density at radius 1 is 1.19 bits per heavy atom. The van der Waals surface area contributed by atoms with E-state index >= 15 is 0 Å². The van der Waals surface area contributed by atoms with Gasteiger partial charge in [-0.3, -0.25) is 18.7 Å². The zero-order chi connectivity index (χ0) is 18.8. The molecule has 0 spiro atoms. The van der Waals surface area contributed by atoms with Gasteiger partial charge in [0.05, 0.1) is 5.56 Å². The molecular formula is C17H16FN3O5. The van der Waals surface area contributed by atoms with Crippen molar-refractivity contribution in [1.29, 1.82) is 0 Å². The number of aromatic nitrogens is 2. The number of rotatable bonds is 1. The fraction of sp³-hybridized carbons (Fsp3) is 0.353. The maximum absolute atomic E-state index is 13.4. The highest BCUT2D eigenvalue weighted by Crippen LogP contribution is 2.47. The number of carbonyl (C=O) groups excluding carboxylic acids is 1. The quantitative estimate of drug-likeness (QED) is 0.673. The number of carbonyl (C=O) groups is 1. The minimum atomic E-state index is -1.78. The molecule has 3 unspecified atom stereocenters. The number of nitrogens with one attached hydrogen (secondary N) is 1. The molecule has 0 bridgehead atoms. The summed E-state index contributed by atoms with van der Waals surface area (Å²) in [7, 11) is 2.79. The molecule has 2 aliphatic rings. The highest BCUT2D eigenvalue weighted by Gasteiger charge is 2.58. The number of fused-ring (bicyclic) bond motifs is 2. The second kappa shape index (κ2) is 5.28. The lowest BCUT2D eigenvalue weighted by atomic mass is 9.74. The number of anilines is 1. The van der Waals surface area contributed by atoms with Gasteiger partial charge < -0.3 is 15.2 Å². The summed E-state index contributed by atoms with van der Waals surface area (Å²) in [4.78, 5) is 37.5. The first-order valence-electron chi connectivity index (χ1n) is 7.97. The lowest BCUT2D eigenvalue weighted by Gasteiger charge is -2.39. The Bertz CT molecular complexity index is 1040. The van der Waals surface area contributed by atoms with E-state index in [1.54, 1.807) is 0 Å². The average molecular weight is 361 g/mol. The first-order valence-corrected chi connectivity index (χ1v) is 7.97. The first-order chi connectivity index (χ1) is 12.2. The predicted octanol–water partition coefficient (Wildman–Crippen LogP) is -0.358. The molecule has 136 valence electrons. The van der Waals surface area contributed by atoms with Gasteiger partial charge in [0.15, 0.2) is 5.72 Å². The van der Waals surface area contributed by atoms with Gasteiger partial charge in [-0.25, -0.2) is 9.18 Å². The van der Waals surface area contributed by atoms with Gasteiger partial charge in [-0.05, 0) is 17.7 Å². The first kappa shape index (κ1) is 16.5. The van der Waals surface area contributed by atoms with E-state index in [4.69, 9.17) is 4.74 Å². The number of ether oxygens (including phenoxy) is 1. The summed E-state index contributed by atoms with van der Waals surface area (Å²) in [5.41, 5.74) is -2.33. The van der Waals surface area contributed by atoms with E-state index < -0.39 is 40.6 Å². The molecule has 2 aliphatic heterocycles. The van der Waals surface area contributed by atoms with Gasteiger partial charge in [0.1, 0.15) is 24.2 Å². The number of halogens is 1. The molecule has 3 heterocycles. The number of nitrogens with zero attached hydrogens (tertiary/aromatic N) is 2. The highest BCUT2D eigenvalue weighted by molar-refractivity contribution is 5.81. The van der Waals surface area contributed by atoms with Crippen LogP contribution in [-0.4, -0.2) is 32.5 Å². The van der Waals surface area contributed by atoms with Gasteiger partial charge >= 0.3 is 11.7 Å². The molecular weight excluding hydrogens is 345 g/mol. The summed E-state index contributed by atoms with van der Waals surface area (Å²) >= 11 is 0. The molecule has 1 fully saturated rings. The van der Waals surface area contributed by atoms with Crippen molar-refractivity contribution in [3.8, 4) is 0 Å². The summed E-state index contributed by atoms with van der Waals surface area (Å²) in [6, 6.07) is 5.32. The Kier molecular flexibility index (Phi) is 3.35. The smallest absolute Gasteiger partial charge is 0.332 e. The van der Waals surface area contributed by atoms with Crippen LogP contribution in [0.25, 0.3) is 0 Å². The van der Waals surface area contributed by atoms with Crippen molar-refractivity contribution >= 4 is 11.8 Å². The maximum atomic E-state index is 13.4. The van der Waals surface area contributed by atoms with Gasteiger partial charge in [0.25, 0.3) is 5.56 Å². The second-order valence-corrected chi connectivity index (χ2v) is 6.63. The number of cyclic esters (lactones) is 1. The molecule has 2 N–H and O–H groups in total.